The van der Waals surface area contributed by atoms with Crippen LogP contribution in [0.2, 0.25) is 0 Å². The van der Waals surface area contributed by atoms with Crippen molar-refractivity contribution in [1.82, 2.24) is 0 Å². The largest absolute Gasteiger partial charge is 0.512 e. The molecule has 2 aromatic rings. The number of benzene rings is 2. The highest BCUT2D eigenvalue weighted by atomic mass is 16.5. The van der Waals surface area contributed by atoms with E-state index in [4.69, 9.17) is 4.74 Å². The summed E-state index contributed by atoms with van der Waals surface area (Å²) >= 11 is 0. The van der Waals surface area contributed by atoms with Crippen LogP contribution in [-0.2, 0) is 9.53 Å². The van der Waals surface area contributed by atoms with Crippen molar-refractivity contribution in [3.63, 3.8) is 0 Å². The summed E-state index contributed by atoms with van der Waals surface area (Å²) in [5.74, 6) is -0.946. The maximum atomic E-state index is 12.5. The SMILES string of the molecule is CCOC(=O)/C(C=Nc1cccc(C(=O)c2ccccc2)c1)=C(\C)O. The lowest BCUT2D eigenvalue weighted by Crippen LogP contribution is -2.10. The molecule has 0 saturated heterocycles. The molecule has 0 unspecified atom stereocenters. The molecule has 128 valence electrons. The number of rotatable bonds is 6. The number of hydrogen-bond acceptors (Lipinski definition) is 5. The molecule has 0 radical (unpaired) electrons. The molecule has 0 spiro atoms. The van der Waals surface area contributed by atoms with Gasteiger partial charge < -0.3 is 9.84 Å². The number of nitrogens with zero attached hydrogens (tertiary/aromatic N) is 1. The number of hydrogen-bond donors (Lipinski definition) is 1. The summed E-state index contributed by atoms with van der Waals surface area (Å²) in [6.45, 7) is 3.26. The molecule has 0 fully saturated rings. The highest BCUT2D eigenvalue weighted by Gasteiger charge is 2.12. The topological polar surface area (TPSA) is 76.0 Å². The Balaban J connectivity index is 2.25. The van der Waals surface area contributed by atoms with Crippen LogP contribution in [0.5, 0.6) is 0 Å². The van der Waals surface area contributed by atoms with E-state index in [0.717, 1.165) is 0 Å². The van der Waals surface area contributed by atoms with Gasteiger partial charge in [-0.2, -0.15) is 0 Å². The highest BCUT2D eigenvalue weighted by Crippen LogP contribution is 2.17. The molecule has 0 aromatic heterocycles. The lowest BCUT2D eigenvalue weighted by Gasteiger charge is -2.04. The molecule has 1 N–H and O–H groups in total. The van der Waals surface area contributed by atoms with E-state index in [1.54, 1.807) is 55.5 Å². The van der Waals surface area contributed by atoms with Crippen molar-refractivity contribution >= 4 is 23.7 Å². The summed E-state index contributed by atoms with van der Waals surface area (Å²) in [5, 5.41) is 9.61. The van der Waals surface area contributed by atoms with Gasteiger partial charge in [0.1, 0.15) is 11.3 Å². The van der Waals surface area contributed by atoms with Crippen molar-refractivity contribution in [3.05, 3.63) is 77.1 Å². The third-order valence-corrected chi connectivity index (χ3v) is 3.37. The monoisotopic (exact) mass is 337 g/mol. The quantitative estimate of drug-likeness (QED) is 0.284. The summed E-state index contributed by atoms with van der Waals surface area (Å²) in [6, 6.07) is 15.7. The van der Waals surface area contributed by atoms with Crippen molar-refractivity contribution in [3.8, 4) is 0 Å². The Kier molecular flexibility index (Phi) is 6.23. The fraction of sp³-hybridized carbons (Fsp3) is 0.150. The van der Waals surface area contributed by atoms with Crippen LogP contribution in [0.1, 0.15) is 29.8 Å². The van der Waals surface area contributed by atoms with E-state index in [1.165, 1.54) is 13.1 Å². The first-order valence-corrected chi connectivity index (χ1v) is 7.83. The molecule has 0 aliphatic heterocycles. The van der Waals surface area contributed by atoms with Gasteiger partial charge in [0.05, 0.1) is 12.3 Å². The number of allylic oxidation sites excluding steroid dienone is 1. The Morgan fingerprint density at radius 1 is 1.08 bits per heavy atom. The molecular formula is C20H19NO4. The highest BCUT2D eigenvalue weighted by molar-refractivity contribution is 6.11. The second-order valence-electron chi connectivity index (χ2n) is 5.22. The number of carbonyl (C=O) groups excluding carboxylic acids is 2. The van der Waals surface area contributed by atoms with Crippen LogP contribution in [-0.4, -0.2) is 29.7 Å². The zero-order valence-corrected chi connectivity index (χ0v) is 14.1. The molecule has 5 heteroatoms. The number of aliphatic hydroxyl groups is 1. The van der Waals surface area contributed by atoms with Crippen molar-refractivity contribution in [2.45, 2.75) is 13.8 Å². The van der Waals surface area contributed by atoms with Crippen LogP contribution in [0.25, 0.3) is 0 Å². The van der Waals surface area contributed by atoms with E-state index < -0.39 is 5.97 Å². The van der Waals surface area contributed by atoms with Gasteiger partial charge in [-0.1, -0.05) is 42.5 Å². The lowest BCUT2D eigenvalue weighted by atomic mass is 10.0. The van der Waals surface area contributed by atoms with Crippen LogP contribution < -0.4 is 0 Å². The Bertz CT molecular complexity index is 819. The van der Waals surface area contributed by atoms with Gasteiger partial charge in [0.15, 0.2) is 5.78 Å². The van der Waals surface area contributed by atoms with E-state index >= 15 is 0 Å². The number of aliphatic hydroxyl groups excluding tert-OH is 1. The van der Waals surface area contributed by atoms with Crippen molar-refractivity contribution < 1.29 is 19.4 Å². The average Bonchev–Trinajstić information content (AvgIpc) is 2.62. The van der Waals surface area contributed by atoms with Crippen molar-refractivity contribution in [1.29, 1.82) is 0 Å². The van der Waals surface area contributed by atoms with E-state index in [9.17, 15) is 14.7 Å². The van der Waals surface area contributed by atoms with Gasteiger partial charge in [-0.05, 0) is 26.0 Å². The third kappa shape index (κ3) is 4.88. The number of ether oxygens (including phenoxy) is 1. The normalized spacial score (nSPS) is 11.9. The third-order valence-electron chi connectivity index (χ3n) is 3.37. The summed E-state index contributed by atoms with van der Waals surface area (Å²) in [7, 11) is 0. The van der Waals surface area contributed by atoms with Gasteiger partial charge in [-0.15, -0.1) is 0 Å². The lowest BCUT2D eigenvalue weighted by molar-refractivity contribution is -0.138. The first-order chi connectivity index (χ1) is 12.0. The number of carbonyl (C=O) groups is 2. The first kappa shape index (κ1) is 18.1. The van der Waals surface area contributed by atoms with Gasteiger partial charge in [0.25, 0.3) is 0 Å². The van der Waals surface area contributed by atoms with Crippen LogP contribution in [0.3, 0.4) is 0 Å². The number of esters is 1. The van der Waals surface area contributed by atoms with E-state index in [1.807, 2.05) is 6.07 Å². The minimum atomic E-state index is -0.650. The Hall–Kier alpha value is -3.21. The van der Waals surface area contributed by atoms with Gasteiger partial charge in [0, 0.05) is 17.3 Å². The molecule has 2 rings (SSSR count). The van der Waals surface area contributed by atoms with E-state index in [-0.39, 0.29) is 23.7 Å². The maximum Gasteiger partial charge on any atom is 0.343 e. The van der Waals surface area contributed by atoms with Gasteiger partial charge >= 0.3 is 5.97 Å². The fourth-order valence-electron chi connectivity index (χ4n) is 2.13. The molecular weight excluding hydrogens is 318 g/mol. The van der Waals surface area contributed by atoms with Gasteiger partial charge in [-0.3, -0.25) is 9.79 Å². The van der Waals surface area contributed by atoms with Crippen LogP contribution >= 0.6 is 0 Å². The molecule has 0 aliphatic carbocycles. The molecule has 5 nitrogen and oxygen atoms in total. The van der Waals surface area contributed by atoms with Crippen LogP contribution in [0.15, 0.2) is 70.9 Å². The number of aliphatic imine (C=N–C) groups is 1. The predicted octanol–water partition coefficient (Wildman–Crippen LogP) is 4.02. The Morgan fingerprint density at radius 2 is 1.76 bits per heavy atom. The predicted molar refractivity (Wildman–Crippen MR) is 96.4 cm³/mol. The molecule has 0 bridgehead atoms. The fourth-order valence-corrected chi connectivity index (χ4v) is 2.13. The van der Waals surface area contributed by atoms with Gasteiger partial charge in [0.2, 0.25) is 0 Å². The zero-order valence-electron chi connectivity index (χ0n) is 14.1. The molecule has 0 aliphatic rings. The second kappa shape index (κ2) is 8.59. The number of ketones is 1. The smallest absolute Gasteiger partial charge is 0.343 e. The minimum Gasteiger partial charge on any atom is -0.512 e. The molecule has 25 heavy (non-hydrogen) atoms. The molecule has 0 heterocycles. The molecule has 0 amide bonds. The molecule has 2 aromatic carbocycles. The molecule has 0 atom stereocenters. The summed E-state index contributed by atoms with van der Waals surface area (Å²) in [5.41, 5.74) is 1.54. The maximum absolute atomic E-state index is 12.5. The Labute approximate surface area is 146 Å². The Morgan fingerprint density at radius 3 is 2.40 bits per heavy atom. The average molecular weight is 337 g/mol. The van der Waals surface area contributed by atoms with Crippen LogP contribution in [0, 0.1) is 0 Å². The van der Waals surface area contributed by atoms with Crippen molar-refractivity contribution in [2.75, 3.05) is 6.61 Å². The second-order valence-corrected chi connectivity index (χ2v) is 5.22. The molecule has 0 saturated carbocycles. The van der Waals surface area contributed by atoms with E-state index in [2.05, 4.69) is 4.99 Å². The van der Waals surface area contributed by atoms with E-state index in [0.29, 0.717) is 16.8 Å². The first-order valence-electron chi connectivity index (χ1n) is 7.83. The minimum absolute atomic E-state index is 0.0263. The summed E-state index contributed by atoms with van der Waals surface area (Å²) < 4.78 is 4.87. The zero-order chi connectivity index (χ0) is 18.2. The summed E-state index contributed by atoms with van der Waals surface area (Å²) in [4.78, 5) is 28.4. The summed E-state index contributed by atoms with van der Waals surface area (Å²) in [6.07, 6.45) is 1.24. The van der Waals surface area contributed by atoms with Gasteiger partial charge in [-0.25, -0.2) is 4.79 Å². The van der Waals surface area contributed by atoms with Crippen molar-refractivity contribution in [2.24, 2.45) is 4.99 Å². The van der Waals surface area contributed by atoms with Crippen LogP contribution in [0.4, 0.5) is 5.69 Å². The standard InChI is InChI=1S/C20H19NO4/c1-3-25-20(24)18(14(2)22)13-21-17-11-7-10-16(12-17)19(23)15-8-5-4-6-9-15/h4-13,22H,3H2,1-2H3/b18-14+,21-13?.